The molecule has 0 aliphatic carbocycles. The number of nitrogens with one attached hydrogen (secondary N) is 1. The van der Waals surface area contributed by atoms with Crippen LogP contribution in [0.1, 0.15) is 31.1 Å². The highest BCUT2D eigenvalue weighted by Gasteiger charge is 2.20. The predicted molar refractivity (Wildman–Crippen MR) is 82.2 cm³/mol. The van der Waals surface area contributed by atoms with Crippen molar-refractivity contribution in [2.75, 3.05) is 26.0 Å². The van der Waals surface area contributed by atoms with Crippen LogP contribution in [-0.2, 0) is 4.74 Å². The SMILES string of the molecule is CN(NC(=O)OC(C)(C)C)C(=O)c1cccc(N(C)C)c1. The number of hydrogen-bond acceptors (Lipinski definition) is 4. The number of anilines is 1. The van der Waals surface area contributed by atoms with Gasteiger partial charge < -0.3 is 9.64 Å². The lowest BCUT2D eigenvalue weighted by Gasteiger charge is -2.23. The van der Waals surface area contributed by atoms with Crippen molar-refractivity contribution >= 4 is 17.7 Å². The standard InChI is InChI=1S/C15H23N3O3/c1-15(2,3)21-14(20)16-18(6)13(19)11-8-7-9-12(10-11)17(4)5/h7-10H,1-6H3,(H,16,20). The second-order valence-electron chi connectivity index (χ2n) is 5.92. The molecule has 0 saturated carbocycles. The van der Waals surface area contributed by atoms with Crippen molar-refractivity contribution in [3.05, 3.63) is 29.8 Å². The Bertz CT molecular complexity index is 521. The molecule has 0 spiro atoms. The molecule has 6 nitrogen and oxygen atoms in total. The van der Waals surface area contributed by atoms with E-state index < -0.39 is 11.7 Å². The summed E-state index contributed by atoms with van der Waals surface area (Å²) in [6, 6.07) is 7.15. The molecular weight excluding hydrogens is 270 g/mol. The Morgan fingerprint density at radius 1 is 1.14 bits per heavy atom. The van der Waals surface area contributed by atoms with Gasteiger partial charge in [-0.05, 0) is 39.0 Å². The molecule has 0 aliphatic heterocycles. The van der Waals surface area contributed by atoms with E-state index in [4.69, 9.17) is 4.74 Å². The highest BCUT2D eigenvalue weighted by atomic mass is 16.6. The molecular formula is C15H23N3O3. The molecule has 0 fully saturated rings. The van der Waals surface area contributed by atoms with Gasteiger partial charge in [0.15, 0.2) is 0 Å². The Labute approximate surface area is 125 Å². The molecule has 0 saturated heterocycles. The zero-order valence-corrected chi connectivity index (χ0v) is 13.4. The van der Waals surface area contributed by atoms with Gasteiger partial charge in [0.2, 0.25) is 0 Å². The fourth-order valence-corrected chi connectivity index (χ4v) is 1.60. The van der Waals surface area contributed by atoms with Crippen LogP contribution in [0.5, 0.6) is 0 Å². The first kappa shape index (κ1) is 16.8. The van der Waals surface area contributed by atoms with Gasteiger partial charge in [-0.15, -0.1) is 0 Å². The molecule has 0 aliphatic rings. The number of carbonyl (C=O) groups excluding carboxylic acids is 2. The van der Waals surface area contributed by atoms with Gasteiger partial charge in [-0.3, -0.25) is 9.80 Å². The minimum Gasteiger partial charge on any atom is -0.443 e. The lowest BCUT2D eigenvalue weighted by molar-refractivity contribution is 0.0334. The highest BCUT2D eigenvalue weighted by Crippen LogP contribution is 2.14. The van der Waals surface area contributed by atoms with Crippen LogP contribution < -0.4 is 10.3 Å². The Morgan fingerprint density at radius 3 is 2.29 bits per heavy atom. The Morgan fingerprint density at radius 2 is 1.76 bits per heavy atom. The predicted octanol–water partition coefficient (Wildman–Crippen LogP) is 2.26. The van der Waals surface area contributed by atoms with E-state index in [0.717, 1.165) is 10.7 Å². The van der Waals surface area contributed by atoms with Crippen LogP contribution in [0.25, 0.3) is 0 Å². The molecule has 6 heteroatoms. The second-order valence-corrected chi connectivity index (χ2v) is 5.92. The number of carbonyl (C=O) groups is 2. The Balaban J connectivity index is 2.74. The summed E-state index contributed by atoms with van der Waals surface area (Å²) in [6.45, 7) is 5.28. The van der Waals surface area contributed by atoms with E-state index >= 15 is 0 Å². The summed E-state index contributed by atoms with van der Waals surface area (Å²) < 4.78 is 5.10. The summed E-state index contributed by atoms with van der Waals surface area (Å²) in [7, 11) is 5.27. The minimum atomic E-state index is -0.665. The quantitative estimate of drug-likeness (QED) is 0.850. The van der Waals surface area contributed by atoms with Gasteiger partial charge >= 0.3 is 6.09 Å². The fourth-order valence-electron chi connectivity index (χ4n) is 1.60. The first-order valence-electron chi connectivity index (χ1n) is 6.65. The van der Waals surface area contributed by atoms with E-state index in [1.54, 1.807) is 39.0 Å². The maximum atomic E-state index is 12.3. The molecule has 1 aromatic rings. The maximum absolute atomic E-state index is 12.3. The van der Waals surface area contributed by atoms with E-state index in [9.17, 15) is 9.59 Å². The van der Waals surface area contributed by atoms with E-state index in [-0.39, 0.29) is 5.91 Å². The number of hydrogen-bond donors (Lipinski definition) is 1. The van der Waals surface area contributed by atoms with Crippen LogP contribution in [0.4, 0.5) is 10.5 Å². The highest BCUT2D eigenvalue weighted by molar-refractivity contribution is 5.95. The summed E-state index contributed by atoms with van der Waals surface area (Å²) >= 11 is 0. The van der Waals surface area contributed by atoms with E-state index in [1.165, 1.54) is 7.05 Å². The van der Waals surface area contributed by atoms with Gasteiger partial charge in [0, 0.05) is 32.4 Å². The smallest absolute Gasteiger partial charge is 0.426 e. The van der Waals surface area contributed by atoms with Crippen molar-refractivity contribution < 1.29 is 14.3 Å². The zero-order chi connectivity index (χ0) is 16.2. The van der Waals surface area contributed by atoms with Crippen molar-refractivity contribution in [2.45, 2.75) is 26.4 Å². The molecule has 0 aromatic heterocycles. The molecule has 1 N–H and O–H groups in total. The first-order chi connectivity index (χ1) is 9.60. The van der Waals surface area contributed by atoms with Crippen LogP contribution >= 0.6 is 0 Å². The number of hydrazine groups is 1. The number of rotatable bonds is 2. The van der Waals surface area contributed by atoms with Gasteiger partial charge in [0.1, 0.15) is 5.60 Å². The lowest BCUT2D eigenvalue weighted by atomic mass is 10.2. The number of nitrogens with zero attached hydrogens (tertiary/aromatic N) is 2. The monoisotopic (exact) mass is 293 g/mol. The number of amides is 2. The van der Waals surface area contributed by atoms with Crippen LogP contribution in [0.3, 0.4) is 0 Å². The van der Waals surface area contributed by atoms with Crippen molar-refractivity contribution in [3.63, 3.8) is 0 Å². The normalized spacial score (nSPS) is 10.8. The summed E-state index contributed by atoms with van der Waals surface area (Å²) in [5, 5.41) is 1.11. The van der Waals surface area contributed by atoms with Crippen LogP contribution in [0.2, 0.25) is 0 Å². The van der Waals surface area contributed by atoms with Gasteiger partial charge in [-0.25, -0.2) is 10.2 Å². The molecule has 0 unspecified atom stereocenters. The molecule has 0 radical (unpaired) electrons. The molecule has 21 heavy (non-hydrogen) atoms. The van der Waals surface area contributed by atoms with Gasteiger partial charge in [0.25, 0.3) is 5.91 Å². The van der Waals surface area contributed by atoms with Crippen molar-refractivity contribution in [3.8, 4) is 0 Å². The Hall–Kier alpha value is -2.24. The molecule has 1 aromatic carbocycles. The summed E-state index contributed by atoms with van der Waals surface area (Å²) in [5.41, 5.74) is 3.17. The molecule has 2 amide bonds. The third-order valence-electron chi connectivity index (χ3n) is 2.57. The van der Waals surface area contributed by atoms with Crippen LogP contribution in [0, 0.1) is 0 Å². The molecule has 116 valence electrons. The van der Waals surface area contributed by atoms with Crippen LogP contribution in [-0.4, -0.2) is 43.8 Å². The zero-order valence-electron chi connectivity index (χ0n) is 13.4. The third kappa shape index (κ3) is 5.33. The van der Waals surface area contributed by atoms with E-state index in [1.807, 2.05) is 25.1 Å². The number of ether oxygens (including phenoxy) is 1. The largest absolute Gasteiger partial charge is 0.443 e. The first-order valence-corrected chi connectivity index (χ1v) is 6.65. The molecule has 0 atom stereocenters. The van der Waals surface area contributed by atoms with Gasteiger partial charge in [-0.2, -0.15) is 0 Å². The number of benzene rings is 1. The summed E-state index contributed by atoms with van der Waals surface area (Å²) in [6.07, 6.45) is -0.665. The summed E-state index contributed by atoms with van der Waals surface area (Å²) in [4.78, 5) is 25.8. The Kier molecular flexibility index (Phi) is 5.18. The van der Waals surface area contributed by atoms with Gasteiger partial charge in [-0.1, -0.05) is 6.07 Å². The topological polar surface area (TPSA) is 61.9 Å². The van der Waals surface area contributed by atoms with Crippen molar-refractivity contribution in [1.29, 1.82) is 0 Å². The van der Waals surface area contributed by atoms with Gasteiger partial charge in [0.05, 0.1) is 0 Å². The maximum Gasteiger partial charge on any atom is 0.426 e. The average Bonchev–Trinajstić information content (AvgIpc) is 2.35. The average molecular weight is 293 g/mol. The van der Waals surface area contributed by atoms with Crippen LogP contribution in [0.15, 0.2) is 24.3 Å². The van der Waals surface area contributed by atoms with E-state index in [2.05, 4.69) is 5.43 Å². The molecule has 1 rings (SSSR count). The third-order valence-corrected chi connectivity index (χ3v) is 2.57. The minimum absolute atomic E-state index is 0.315. The van der Waals surface area contributed by atoms with Crippen molar-refractivity contribution in [1.82, 2.24) is 10.4 Å². The van der Waals surface area contributed by atoms with E-state index in [0.29, 0.717) is 5.56 Å². The summed E-state index contributed by atoms with van der Waals surface area (Å²) in [5.74, 6) is -0.315. The fraction of sp³-hybridized carbons (Fsp3) is 0.467. The molecule has 0 heterocycles. The molecule has 0 bridgehead atoms. The van der Waals surface area contributed by atoms with Crippen molar-refractivity contribution in [2.24, 2.45) is 0 Å². The second kappa shape index (κ2) is 6.47. The lowest BCUT2D eigenvalue weighted by Crippen LogP contribution is -2.45.